The van der Waals surface area contributed by atoms with Crippen LogP contribution in [0.5, 0.6) is 5.75 Å². The summed E-state index contributed by atoms with van der Waals surface area (Å²) in [6.45, 7) is 0.730. The van der Waals surface area contributed by atoms with Gasteiger partial charge in [-0.1, -0.05) is 18.2 Å². The average Bonchev–Trinajstić information content (AvgIpc) is 2.69. The number of benzene rings is 2. The van der Waals surface area contributed by atoms with Crippen molar-refractivity contribution in [2.75, 3.05) is 24.3 Å². The molecule has 26 heavy (non-hydrogen) atoms. The third-order valence-corrected chi connectivity index (χ3v) is 3.82. The Hall–Kier alpha value is -3.59. The van der Waals surface area contributed by atoms with Gasteiger partial charge in [0.25, 0.3) is 0 Å². The minimum atomic E-state index is 0.497. The van der Waals surface area contributed by atoms with E-state index in [1.54, 1.807) is 25.4 Å². The van der Waals surface area contributed by atoms with Crippen molar-refractivity contribution in [1.29, 1.82) is 5.26 Å². The summed E-state index contributed by atoms with van der Waals surface area (Å²) >= 11 is 0. The van der Waals surface area contributed by atoms with Crippen LogP contribution in [0.2, 0.25) is 0 Å². The van der Waals surface area contributed by atoms with Crippen molar-refractivity contribution in [2.24, 2.45) is 0 Å². The topological polar surface area (TPSA) is 82.9 Å². The molecule has 1 heterocycles. The number of para-hydroxylation sites is 1. The molecule has 0 spiro atoms. The average molecular weight is 345 g/mol. The SMILES string of the molecule is COc1ccccc1CCNc1ccnc(Nc2ccc(C#N)cc2)n1. The molecule has 0 aliphatic rings. The molecule has 0 saturated heterocycles. The molecule has 0 aliphatic carbocycles. The molecule has 0 radical (unpaired) electrons. The molecule has 0 aliphatic heterocycles. The van der Waals surface area contributed by atoms with E-state index in [1.807, 2.05) is 36.4 Å². The zero-order valence-corrected chi connectivity index (χ0v) is 14.4. The van der Waals surface area contributed by atoms with Crippen LogP contribution in [0.25, 0.3) is 0 Å². The molecule has 2 aromatic carbocycles. The van der Waals surface area contributed by atoms with Gasteiger partial charge in [0, 0.05) is 18.4 Å². The molecular formula is C20H19N5O. The smallest absolute Gasteiger partial charge is 0.229 e. The molecule has 6 nitrogen and oxygen atoms in total. The van der Waals surface area contributed by atoms with Gasteiger partial charge in [-0.2, -0.15) is 10.2 Å². The van der Waals surface area contributed by atoms with Crippen LogP contribution in [0.3, 0.4) is 0 Å². The summed E-state index contributed by atoms with van der Waals surface area (Å²) < 4.78 is 5.37. The normalized spacial score (nSPS) is 10.0. The van der Waals surface area contributed by atoms with Crippen molar-refractivity contribution in [1.82, 2.24) is 9.97 Å². The lowest BCUT2D eigenvalue weighted by atomic mass is 10.1. The van der Waals surface area contributed by atoms with E-state index < -0.39 is 0 Å². The fourth-order valence-corrected chi connectivity index (χ4v) is 2.51. The van der Waals surface area contributed by atoms with Crippen LogP contribution in [0.1, 0.15) is 11.1 Å². The molecule has 0 fully saturated rings. The number of anilines is 3. The Morgan fingerprint density at radius 1 is 1.08 bits per heavy atom. The Morgan fingerprint density at radius 2 is 1.88 bits per heavy atom. The number of ether oxygens (including phenoxy) is 1. The van der Waals surface area contributed by atoms with E-state index in [2.05, 4.69) is 32.7 Å². The maximum atomic E-state index is 8.84. The molecule has 0 atom stereocenters. The van der Waals surface area contributed by atoms with Gasteiger partial charge < -0.3 is 15.4 Å². The predicted octanol–water partition coefficient (Wildman–Crippen LogP) is 3.76. The summed E-state index contributed by atoms with van der Waals surface area (Å²) in [4.78, 5) is 8.68. The molecule has 0 unspecified atom stereocenters. The molecule has 1 aromatic heterocycles. The molecule has 3 aromatic rings. The van der Waals surface area contributed by atoms with E-state index in [-0.39, 0.29) is 0 Å². The number of hydrogen-bond donors (Lipinski definition) is 2. The van der Waals surface area contributed by atoms with Crippen LogP contribution in [-0.2, 0) is 6.42 Å². The first kappa shape index (κ1) is 17.2. The first-order valence-corrected chi connectivity index (χ1v) is 8.24. The maximum Gasteiger partial charge on any atom is 0.229 e. The van der Waals surface area contributed by atoms with Crippen molar-refractivity contribution >= 4 is 17.5 Å². The van der Waals surface area contributed by atoms with Gasteiger partial charge in [-0.15, -0.1) is 0 Å². The summed E-state index contributed by atoms with van der Waals surface area (Å²) in [7, 11) is 1.68. The van der Waals surface area contributed by atoms with E-state index in [0.717, 1.165) is 35.8 Å². The Kier molecular flexibility index (Phi) is 5.63. The summed E-state index contributed by atoms with van der Waals surface area (Å²) in [5.41, 5.74) is 2.59. The fraction of sp³-hybridized carbons (Fsp3) is 0.150. The Labute approximate surface area is 152 Å². The molecule has 2 N–H and O–H groups in total. The molecule has 0 bridgehead atoms. The van der Waals surface area contributed by atoms with Crippen molar-refractivity contribution in [3.63, 3.8) is 0 Å². The Bertz CT molecular complexity index is 903. The molecule has 3 rings (SSSR count). The fourth-order valence-electron chi connectivity index (χ4n) is 2.51. The molecule has 0 amide bonds. The minimum Gasteiger partial charge on any atom is -0.496 e. The number of aromatic nitrogens is 2. The van der Waals surface area contributed by atoms with Crippen LogP contribution in [0.4, 0.5) is 17.5 Å². The van der Waals surface area contributed by atoms with E-state index in [0.29, 0.717) is 11.5 Å². The molecule has 0 saturated carbocycles. The number of nitriles is 1. The van der Waals surface area contributed by atoms with Crippen molar-refractivity contribution in [3.05, 3.63) is 71.9 Å². The van der Waals surface area contributed by atoms with Gasteiger partial charge in [0.15, 0.2) is 0 Å². The Morgan fingerprint density at radius 3 is 2.65 bits per heavy atom. The summed E-state index contributed by atoms with van der Waals surface area (Å²) in [5.74, 6) is 2.13. The highest BCUT2D eigenvalue weighted by atomic mass is 16.5. The molecule has 6 heteroatoms. The minimum absolute atomic E-state index is 0.497. The maximum absolute atomic E-state index is 8.84. The quantitative estimate of drug-likeness (QED) is 0.678. The second kappa shape index (κ2) is 8.49. The highest BCUT2D eigenvalue weighted by Crippen LogP contribution is 2.18. The van der Waals surface area contributed by atoms with Gasteiger partial charge in [0.2, 0.25) is 5.95 Å². The highest BCUT2D eigenvalue weighted by Gasteiger charge is 2.03. The van der Waals surface area contributed by atoms with Crippen LogP contribution in [0, 0.1) is 11.3 Å². The van der Waals surface area contributed by atoms with E-state index >= 15 is 0 Å². The van der Waals surface area contributed by atoms with Gasteiger partial charge in [0.05, 0.1) is 18.7 Å². The van der Waals surface area contributed by atoms with Gasteiger partial charge >= 0.3 is 0 Å². The largest absolute Gasteiger partial charge is 0.496 e. The predicted molar refractivity (Wildman–Crippen MR) is 102 cm³/mol. The first-order valence-electron chi connectivity index (χ1n) is 8.24. The monoisotopic (exact) mass is 345 g/mol. The summed E-state index contributed by atoms with van der Waals surface area (Å²) in [6, 6.07) is 19.0. The standard InChI is InChI=1S/C20H19N5O/c1-26-18-5-3-2-4-16(18)10-12-22-19-11-13-23-20(25-19)24-17-8-6-15(14-21)7-9-17/h2-9,11,13H,10,12H2,1H3,(H2,22,23,24,25). The number of rotatable bonds is 7. The van der Waals surface area contributed by atoms with Crippen molar-refractivity contribution < 1.29 is 4.74 Å². The van der Waals surface area contributed by atoms with Gasteiger partial charge in [-0.3, -0.25) is 0 Å². The first-order chi connectivity index (χ1) is 12.8. The number of methoxy groups -OCH3 is 1. The van der Waals surface area contributed by atoms with Crippen molar-refractivity contribution in [3.8, 4) is 11.8 Å². The van der Waals surface area contributed by atoms with Gasteiger partial charge in [-0.05, 0) is 48.4 Å². The summed E-state index contributed by atoms with van der Waals surface area (Å²) in [5, 5.41) is 15.3. The highest BCUT2D eigenvalue weighted by molar-refractivity contribution is 5.56. The number of nitrogens with one attached hydrogen (secondary N) is 2. The number of nitrogens with zero attached hydrogens (tertiary/aromatic N) is 3. The van der Waals surface area contributed by atoms with Crippen LogP contribution in [0.15, 0.2) is 60.8 Å². The third kappa shape index (κ3) is 4.48. The summed E-state index contributed by atoms with van der Waals surface area (Å²) in [6.07, 6.45) is 2.52. The lowest BCUT2D eigenvalue weighted by Crippen LogP contribution is -2.08. The van der Waals surface area contributed by atoms with E-state index in [1.165, 1.54) is 0 Å². The molecular weight excluding hydrogens is 326 g/mol. The van der Waals surface area contributed by atoms with Crippen molar-refractivity contribution in [2.45, 2.75) is 6.42 Å². The van der Waals surface area contributed by atoms with E-state index in [9.17, 15) is 0 Å². The number of hydrogen-bond acceptors (Lipinski definition) is 6. The Balaban J connectivity index is 1.59. The lowest BCUT2D eigenvalue weighted by Gasteiger charge is -2.10. The third-order valence-electron chi connectivity index (χ3n) is 3.82. The van der Waals surface area contributed by atoms with Gasteiger partial charge in [-0.25, -0.2) is 4.98 Å². The second-order valence-corrected chi connectivity index (χ2v) is 5.57. The van der Waals surface area contributed by atoms with E-state index in [4.69, 9.17) is 10.00 Å². The zero-order chi connectivity index (χ0) is 18.2. The second-order valence-electron chi connectivity index (χ2n) is 5.57. The lowest BCUT2D eigenvalue weighted by molar-refractivity contribution is 0.410. The van der Waals surface area contributed by atoms with Gasteiger partial charge in [0.1, 0.15) is 11.6 Å². The molecule has 130 valence electrons. The van der Waals surface area contributed by atoms with Crippen LogP contribution in [-0.4, -0.2) is 23.6 Å². The van der Waals surface area contributed by atoms with Crippen LogP contribution < -0.4 is 15.4 Å². The zero-order valence-electron chi connectivity index (χ0n) is 14.4. The van der Waals surface area contributed by atoms with Crippen LogP contribution >= 0.6 is 0 Å².